The number of hydrogen-bond donors (Lipinski definition) is 0. The van der Waals surface area contributed by atoms with Gasteiger partial charge in [0.2, 0.25) is 5.91 Å². The molecule has 0 N–H and O–H groups in total. The first-order chi connectivity index (χ1) is 12.8. The molecular weight excluding hydrogens is 358 g/mol. The minimum atomic E-state index is -0.358. The molecule has 0 bridgehead atoms. The van der Waals surface area contributed by atoms with Gasteiger partial charge in [-0.3, -0.25) is 14.2 Å². The highest BCUT2D eigenvalue weighted by molar-refractivity contribution is 8.00. The van der Waals surface area contributed by atoms with Crippen LogP contribution in [0.1, 0.15) is 18.1 Å². The van der Waals surface area contributed by atoms with Gasteiger partial charge in [0, 0.05) is 14.1 Å². The van der Waals surface area contributed by atoms with Gasteiger partial charge in [0.15, 0.2) is 5.16 Å². The fraction of sp³-hybridized carbons (Fsp3) is 0.286. The number of fused-ring (bicyclic) bond motifs is 1. The predicted octanol–water partition coefficient (Wildman–Crippen LogP) is 3.57. The Balaban J connectivity index is 2.29. The molecule has 140 valence electrons. The predicted molar refractivity (Wildman–Crippen MR) is 111 cm³/mol. The normalized spacial score (nSPS) is 12.2. The minimum Gasteiger partial charge on any atom is -0.348 e. The molecule has 0 aliphatic heterocycles. The molecule has 1 aromatic heterocycles. The average Bonchev–Trinajstić information content (AvgIpc) is 2.63. The van der Waals surface area contributed by atoms with Gasteiger partial charge < -0.3 is 4.90 Å². The summed E-state index contributed by atoms with van der Waals surface area (Å²) in [5.74, 6) is -0.0181. The lowest BCUT2D eigenvalue weighted by molar-refractivity contribution is -0.127. The van der Waals surface area contributed by atoms with E-state index in [-0.39, 0.29) is 16.7 Å². The van der Waals surface area contributed by atoms with Crippen molar-refractivity contribution in [3.05, 3.63) is 63.9 Å². The zero-order valence-corrected chi connectivity index (χ0v) is 17.0. The van der Waals surface area contributed by atoms with Gasteiger partial charge in [-0.25, -0.2) is 4.98 Å². The van der Waals surface area contributed by atoms with Crippen molar-refractivity contribution in [2.45, 2.75) is 31.2 Å². The smallest absolute Gasteiger partial charge is 0.266 e. The molecule has 5 nitrogen and oxygen atoms in total. The van der Waals surface area contributed by atoms with Gasteiger partial charge in [0.1, 0.15) is 0 Å². The first-order valence-corrected chi connectivity index (χ1v) is 9.65. The lowest BCUT2D eigenvalue weighted by Crippen LogP contribution is -2.31. The molecule has 3 rings (SSSR count). The lowest BCUT2D eigenvalue weighted by atomic mass is 10.1. The second-order valence-corrected chi connectivity index (χ2v) is 8.09. The summed E-state index contributed by atoms with van der Waals surface area (Å²) in [6.45, 7) is 5.79. The van der Waals surface area contributed by atoms with E-state index in [1.165, 1.54) is 11.8 Å². The summed E-state index contributed by atoms with van der Waals surface area (Å²) >= 11 is 1.31. The van der Waals surface area contributed by atoms with E-state index in [2.05, 4.69) is 0 Å². The molecule has 0 fully saturated rings. The molecule has 2 aromatic carbocycles. The van der Waals surface area contributed by atoms with Gasteiger partial charge in [-0.05, 0) is 44.0 Å². The van der Waals surface area contributed by atoms with Crippen LogP contribution in [0.2, 0.25) is 0 Å². The summed E-state index contributed by atoms with van der Waals surface area (Å²) in [4.78, 5) is 32.0. The third-order valence-corrected chi connectivity index (χ3v) is 5.52. The fourth-order valence-corrected chi connectivity index (χ4v) is 4.18. The largest absolute Gasteiger partial charge is 0.348 e. The standard InChI is InChI=1S/C21H23N3O2S/c1-13-9-8-10-14(2)18(13)24-20(26)16-11-6-7-12-17(16)22-21(24)27-15(3)19(25)23(4)5/h6-12,15H,1-5H3. The first kappa shape index (κ1) is 19.2. The molecule has 0 saturated carbocycles. The molecule has 0 saturated heterocycles. The van der Waals surface area contributed by atoms with Crippen LogP contribution in [0.4, 0.5) is 0 Å². The molecule has 0 radical (unpaired) electrons. The van der Waals surface area contributed by atoms with Crippen molar-refractivity contribution < 1.29 is 4.79 Å². The van der Waals surface area contributed by atoms with E-state index < -0.39 is 0 Å². The van der Waals surface area contributed by atoms with Crippen molar-refractivity contribution in [1.29, 1.82) is 0 Å². The number of benzene rings is 2. The fourth-order valence-electron chi connectivity index (χ4n) is 3.12. The maximum absolute atomic E-state index is 13.4. The minimum absolute atomic E-state index is 0.0181. The van der Waals surface area contributed by atoms with Gasteiger partial charge in [-0.15, -0.1) is 0 Å². The monoisotopic (exact) mass is 381 g/mol. The van der Waals surface area contributed by atoms with Gasteiger partial charge in [-0.1, -0.05) is 42.1 Å². The average molecular weight is 382 g/mol. The molecule has 1 amide bonds. The Morgan fingerprint density at radius 1 is 1.07 bits per heavy atom. The molecule has 6 heteroatoms. The highest BCUT2D eigenvalue weighted by Gasteiger charge is 2.22. The van der Waals surface area contributed by atoms with E-state index >= 15 is 0 Å². The number of nitrogens with zero attached hydrogens (tertiary/aromatic N) is 3. The van der Waals surface area contributed by atoms with Gasteiger partial charge in [0.25, 0.3) is 5.56 Å². The summed E-state index contributed by atoms with van der Waals surface area (Å²) in [5, 5.41) is 0.735. The lowest BCUT2D eigenvalue weighted by Gasteiger charge is -2.20. The second kappa shape index (κ2) is 7.56. The van der Waals surface area contributed by atoms with E-state index in [1.807, 2.05) is 57.2 Å². The van der Waals surface area contributed by atoms with E-state index in [0.717, 1.165) is 16.8 Å². The van der Waals surface area contributed by atoms with Crippen LogP contribution in [0.5, 0.6) is 0 Å². The maximum atomic E-state index is 13.4. The Morgan fingerprint density at radius 3 is 2.33 bits per heavy atom. The molecule has 0 spiro atoms. The van der Waals surface area contributed by atoms with Gasteiger partial charge in [0.05, 0.1) is 21.8 Å². The van der Waals surface area contributed by atoms with Crippen LogP contribution >= 0.6 is 11.8 Å². The van der Waals surface area contributed by atoms with E-state index in [4.69, 9.17) is 4.98 Å². The highest BCUT2D eigenvalue weighted by Crippen LogP contribution is 2.28. The van der Waals surface area contributed by atoms with Crippen LogP contribution in [0, 0.1) is 13.8 Å². The van der Waals surface area contributed by atoms with Crippen LogP contribution in [0.25, 0.3) is 16.6 Å². The van der Waals surface area contributed by atoms with Gasteiger partial charge in [-0.2, -0.15) is 0 Å². The number of aromatic nitrogens is 2. The summed E-state index contributed by atoms with van der Waals surface area (Å²) in [6.07, 6.45) is 0. The summed E-state index contributed by atoms with van der Waals surface area (Å²) in [6, 6.07) is 13.2. The maximum Gasteiger partial charge on any atom is 0.266 e. The van der Waals surface area contributed by atoms with Crippen LogP contribution in [-0.4, -0.2) is 39.7 Å². The number of thioether (sulfide) groups is 1. The summed E-state index contributed by atoms with van der Waals surface area (Å²) in [7, 11) is 3.46. The number of para-hydroxylation sites is 2. The van der Waals surface area contributed by atoms with E-state index in [0.29, 0.717) is 16.1 Å². The van der Waals surface area contributed by atoms with Crippen LogP contribution in [0.3, 0.4) is 0 Å². The molecule has 27 heavy (non-hydrogen) atoms. The van der Waals surface area contributed by atoms with Crippen molar-refractivity contribution in [1.82, 2.24) is 14.5 Å². The van der Waals surface area contributed by atoms with Crippen molar-refractivity contribution in [3.63, 3.8) is 0 Å². The van der Waals surface area contributed by atoms with Crippen molar-refractivity contribution in [3.8, 4) is 5.69 Å². The topological polar surface area (TPSA) is 55.2 Å². The Kier molecular flexibility index (Phi) is 5.37. The quantitative estimate of drug-likeness (QED) is 0.512. The molecule has 0 aliphatic carbocycles. The Morgan fingerprint density at radius 2 is 1.70 bits per heavy atom. The highest BCUT2D eigenvalue weighted by atomic mass is 32.2. The number of hydrogen-bond acceptors (Lipinski definition) is 4. The van der Waals surface area contributed by atoms with Gasteiger partial charge >= 0.3 is 0 Å². The molecule has 3 aromatic rings. The molecule has 1 atom stereocenters. The number of rotatable bonds is 4. The SMILES string of the molecule is Cc1cccc(C)c1-n1c(SC(C)C(=O)N(C)C)nc2ccccc2c1=O. The number of carbonyl (C=O) groups excluding carboxylic acids is 1. The number of aryl methyl sites for hydroxylation is 2. The third kappa shape index (κ3) is 3.62. The molecular formula is C21H23N3O2S. The van der Waals surface area contributed by atoms with Crippen molar-refractivity contribution in [2.75, 3.05) is 14.1 Å². The third-order valence-electron chi connectivity index (χ3n) is 4.48. The Hall–Kier alpha value is -2.60. The second-order valence-electron chi connectivity index (χ2n) is 6.79. The molecule has 1 unspecified atom stereocenters. The first-order valence-electron chi connectivity index (χ1n) is 8.77. The molecule has 0 aliphatic rings. The van der Waals surface area contributed by atoms with Crippen molar-refractivity contribution in [2.24, 2.45) is 0 Å². The number of amides is 1. The van der Waals surface area contributed by atoms with Crippen LogP contribution in [-0.2, 0) is 4.79 Å². The van der Waals surface area contributed by atoms with Crippen LogP contribution < -0.4 is 5.56 Å². The number of carbonyl (C=O) groups is 1. The zero-order chi connectivity index (χ0) is 19.7. The van der Waals surface area contributed by atoms with Crippen LogP contribution in [0.15, 0.2) is 52.4 Å². The van der Waals surface area contributed by atoms with E-state index in [9.17, 15) is 9.59 Å². The summed E-state index contributed by atoms with van der Waals surface area (Å²) in [5.41, 5.74) is 3.32. The van der Waals surface area contributed by atoms with E-state index in [1.54, 1.807) is 29.6 Å². The molecule has 1 heterocycles. The Labute approximate surface area is 163 Å². The zero-order valence-electron chi connectivity index (χ0n) is 16.2. The Bertz CT molecular complexity index is 1050. The van der Waals surface area contributed by atoms with Crippen molar-refractivity contribution >= 4 is 28.6 Å². The summed E-state index contributed by atoms with van der Waals surface area (Å²) < 4.78 is 1.65.